The predicted molar refractivity (Wildman–Crippen MR) is 128 cm³/mol. The summed E-state index contributed by atoms with van der Waals surface area (Å²) in [5, 5.41) is 12.5. The molecule has 4 aromatic carbocycles. The molecule has 0 radical (unpaired) electrons. The highest BCUT2D eigenvalue weighted by Gasteiger charge is 2.07. The van der Waals surface area contributed by atoms with Gasteiger partial charge < -0.3 is 14.8 Å². The second-order valence-corrected chi connectivity index (χ2v) is 7.03. The maximum absolute atomic E-state index is 5.38. The Balaban J connectivity index is 1.56. The Bertz CT molecular complexity index is 1200. The largest absolute Gasteiger partial charge is 0.493 e. The van der Waals surface area contributed by atoms with E-state index in [4.69, 9.17) is 21.7 Å². The lowest BCUT2D eigenvalue weighted by Crippen LogP contribution is -2.23. The van der Waals surface area contributed by atoms with Crippen molar-refractivity contribution in [2.45, 2.75) is 0 Å². The van der Waals surface area contributed by atoms with Crippen LogP contribution in [-0.2, 0) is 0 Å². The van der Waals surface area contributed by atoms with E-state index in [1.807, 2.05) is 48.7 Å². The van der Waals surface area contributed by atoms with Crippen molar-refractivity contribution in [3.05, 3.63) is 78.4 Å². The average Bonchev–Trinajstić information content (AvgIpc) is 2.78. The van der Waals surface area contributed by atoms with E-state index in [9.17, 15) is 0 Å². The lowest BCUT2D eigenvalue weighted by molar-refractivity contribution is 0.355. The zero-order valence-corrected chi connectivity index (χ0v) is 17.5. The van der Waals surface area contributed by atoms with Crippen LogP contribution in [0.4, 0.5) is 5.69 Å². The number of rotatable bonds is 5. The first kappa shape index (κ1) is 19.7. The average molecular weight is 416 g/mol. The van der Waals surface area contributed by atoms with Crippen molar-refractivity contribution in [3.8, 4) is 11.5 Å². The van der Waals surface area contributed by atoms with Gasteiger partial charge in [-0.05, 0) is 52.0 Å². The van der Waals surface area contributed by atoms with Gasteiger partial charge in [-0.1, -0.05) is 48.5 Å². The summed E-state index contributed by atoms with van der Waals surface area (Å²) in [5.74, 6) is 1.28. The van der Waals surface area contributed by atoms with Crippen molar-refractivity contribution in [1.82, 2.24) is 5.43 Å². The number of thiocarbonyl (C=S) groups is 1. The zero-order chi connectivity index (χ0) is 20.9. The highest BCUT2D eigenvalue weighted by molar-refractivity contribution is 7.80. The molecule has 150 valence electrons. The first-order valence-corrected chi connectivity index (χ1v) is 9.83. The minimum Gasteiger partial charge on any atom is -0.493 e. The van der Waals surface area contributed by atoms with E-state index in [1.54, 1.807) is 14.2 Å². The van der Waals surface area contributed by atoms with Gasteiger partial charge in [-0.3, -0.25) is 5.43 Å². The maximum atomic E-state index is 5.38. The quantitative estimate of drug-likeness (QED) is 0.200. The van der Waals surface area contributed by atoms with Crippen molar-refractivity contribution in [2.24, 2.45) is 5.10 Å². The molecule has 0 spiro atoms. The molecule has 5 nitrogen and oxygen atoms in total. The van der Waals surface area contributed by atoms with Crippen molar-refractivity contribution in [2.75, 3.05) is 19.5 Å². The molecule has 0 heterocycles. The SMILES string of the molecule is COc1ccc(NC(=S)N/N=C\c2c3ccccc3cc3ccccc23)cc1OC. The van der Waals surface area contributed by atoms with E-state index in [0.717, 1.165) is 22.0 Å². The molecule has 2 N–H and O–H groups in total. The minimum absolute atomic E-state index is 0.378. The third-order valence-corrected chi connectivity index (χ3v) is 5.01. The Morgan fingerprint density at radius 2 is 1.47 bits per heavy atom. The summed E-state index contributed by atoms with van der Waals surface area (Å²) in [5.41, 5.74) is 4.71. The fourth-order valence-corrected chi connectivity index (χ4v) is 3.59. The van der Waals surface area contributed by atoms with Gasteiger partial charge in [-0.2, -0.15) is 5.10 Å². The second kappa shape index (κ2) is 8.80. The molecule has 30 heavy (non-hydrogen) atoms. The number of hydrogen-bond donors (Lipinski definition) is 2. The molecule has 0 aromatic heterocycles. The van der Waals surface area contributed by atoms with E-state index in [2.05, 4.69) is 46.2 Å². The van der Waals surface area contributed by atoms with E-state index >= 15 is 0 Å². The minimum atomic E-state index is 0.378. The van der Waals surface area contributed by atoms with Crippen LogP contribution in [0.15, 0.2) is 77.9 Å². The highest BCUT2D eigenvalue weighted by atomic mass is 32.1. The van der Waals surface area contributed by atoms with Crippen LogP contribution < -0.4 is 20.2 Å². The Morgan fingerprint density at radius 3 is 2.10 bits per heavy atom. The zero-order valence-electron chi connectivity index (χ0n) is 16.7. The monoisotopic (exact) mass is 415 g/mol. The van der Waals surface area contributed by atoms with Crippen LogP contribution in [0.2, 0.25) is 0 Å². The molecule has 0 saturated heterocycles. The summed E-state index contributed by atoms with van der Waals surface area (Å²) < 4.78 is 10.6. The number of nitrogens with one attached hydrogen (secondary N) is 2. The van der Waals surface area contributed by atoms with Crippen LogP contribution in [0.3, 0.4) is 0 Å². The van der Waals surface area contributed by atoms with Gasteiger partial charge in [-0.25, -0.2) is 0 Å². The van der Waals surface area contributed by atoms with Crippen molar-refractivity contribution >= 4 is 50.8 Å². The molecule has 4 rings (SSSR count). The number of methoxy groups -OCH3 is 2. The van der Waals surface area contributed by atoms with Crippen LogP contribution in [0.5, 0.6) is 11.5 Å². The molecule has 6 heteroatoms. The fraction of sp³-hybridized carbons (Fsp3) is 0.0833. The smallest absolute Gasteiger partial charge is 0.191 e. The molecule has 0 aliphatic carbocycles. The molecule has 0 atom stereocenters. The summed E-state index contributed by atoms with van der Waals surface area (Å²) >= 11 is 5.38. The number of hydrogen-bond acceptors (Lipinski definition) is 4. The van der Waals surface area contributed by atoms with Gasteiger partial charge in [-0.15, -0.1) is 0 Å². The Kier molecular flexibility index (Phi) is 5.77. The van der Waals surface area contributed by atoms with E-state index in [-0.39, 0.29) is 0 Å². The van der Waals surface area contributed by atoms with Gasteiger partial charge >= 0.3 is 0 Å². The summed E-state index contributed by atoms with van der Waals surface area (Å²) in [6, 6.07) is 24.2. The predicted octanol–water partition coefficient (Wildman–Crippen LogP) is 5.33. The molecule has 4 aromatic rings. The van der Waals surface area contributed by atoms with Gasteiger partial charge in [0.25, 0.3) is 0 Å². The molecule has 0 aliphatic heterocycles. The first-order valence-electron chi connectivity index (χ1n) is 9.42. The van der Waals surface area contributed by atoms with E-state index in [0.29, 0.717) is 16.6 Å². The summed E-state index contributed by atoms with van der Waals surface area (Å²) in [4.78, 5) is 0. The number of benzene rings is 4. The number of nitrogens with zero attached hydrogens (tertiary/aromatic N) is 1. The molecular weight excluding hydrogens is 394 g/mol. The van der Waals surface area contributed by atoms with Gasteiger partial charge in [0.05, 0.1) is 20.4 Å². The molecular formula is C24H21N3O2S. The maximum Gasteiger partial charge on any atom is 0.191 e. The lowest BCUT2D eigenvalue weighted by Gasteiger charge is -2.11. The third-order valence-electron chi connectivity index (χ3n) is 4.81. The first-order chi connectivity index (χ1) is 14.7. The molecule has 0 aliphatic rings. The van der Waals surface area contributed by atoms with Crippen LogP contribution in [0, 0.1) is 0 Å². The normalized spacial score (nSPS) is 11.0. The molecule has 0 bridgehead atoms. The Labute approximate surface area is 180 Å². The molecule has 0 amide bonds. The fourth-order valence-electron chi connectivity index (χ4n) is 3.42. The van der Waals surface area contributed by atoms with Crippen molar-refractivity contribution in [1.29, 1.82) is 0 Å². The topological polar surface area (TPSA) is 54.9 Å². The van der Waals surface area contributed by atoms with Crippen molar-refractivity contribution < 1.29 is 9.47 Å². The van der Waals surface area contributed by atoms with Crippen LogP contribution >= 0.6 is 12.2 Å². The number of ether oxygens (including phenoxy) is 2. The molecule has 0 fully saturated rings. The number of hydrazone groups is 1. The van der Waals surface area contributed by atoms with Crippen LogP contribution in [0.25, 0.3) is 21.5 Å². The summed E-state index contributed by atoms with van der Waals surface area (Å²) in [7, 11) is 3.19. The van der Waals surface area contributed by atoms with Crippen LogP contribution in [-0.4, -0.2) is 25.5 Å². The number of fused-ring (bicyclic) bond motifs is 2. The van der Waals surface area contributed by atoms with E-state index in [1.165, 1.54) is 10.8 Å². The van der Waals surface area contributed by atoms with Crippen LogP contribution in [0.1, 0.15) is 5.56 Å². The molecule has 0 unspecified atom stereocenters. The second-order valence-electron chi connectivity index (χ2n) is 6.63. The Morgan fingerprint density at radius 1 is 0.833 bits per heavy atom. The van der Waals surface area contributed by atoms with Gasteiger partial charge in [0.1, 0.15) is 0 Å². The highest BCUT2D eigenvalue weighted by Crippen LogP contribution is 2.30. The van der Waals surface area contributed by atoms with Gasteiger partial charge in [0.2, 0.25) is 0 Å². The Hall–Kier alpha value is -3.64. The van der Waals surface area contributed by atoms with E-state index < -0.39 is 0 Å². The molecule has 0 saturated carbocycles. The van der Waals surface area contributed by atoms with Gasteiger partial charge in [0.15, 0.2) is 16.6 Å². The summed E-state index contributed by atoms with van der Waals surface area (Å²) in [6.07, 6.45) is 1.81. The number of anilines is 1. The van der Waals surface area contributed by atoms with Gasteiger partial charge in [0, 0.05) is 17.3 Å². The summed E-state index contributed by atoms with van der Waals surface area (Å²) in [6.45, 7) is 0. The lowest BCUT2D eigenvalue weighted by atomic mass is 9.97. The standard InChI is InChI=1S/C24H21N3O2S/c1-28-22-12-11-18(14-23(22)29-2)26-24(30)27-25-15-21-19-9-5-3-7-16(19)13-17-8-4-6-10-20(17)21/h3-15H,1-2H3,(H2,26,27,30)/b25-15-. The third kappa shape index (κ3) is 4.04. The van der Waals surface area contributed by atoms with Crippen molar-refractivity contribution in [3.63, 3.8) is 0 Å².